The first-order chi connectivity index (χ1) is 6.25. The molecule has 0 heterocycles. The van der Waals surface area contributed by atoms with Crippen LogP contribution in [0, 0.1) is 0 Å². The highest BCUT2D eigenvalue weighted by Crippen LogP contribution is 2.10. The standard InChI is InChI=1S/C9H12N2O2/c1-2-10-11(9(12)13)8-6-4-3-5-7-8/h3-7,10H,2H2,1H3,(H,12,13). The van der Waals surface area contributed by atoms with Crippen LogP contribution in [0.5, 0.6) is 0 Å². The summed E-state index contributed by atoms with van der Waals surface area (Å²) in [7, 11) is 0. The van der Waals surface area contributed by atoms with Crippen molar-refractivity contribution in [1.29, 1.82) is 0 Å². The van der Waals surface area contributed by atoms with E-state index in [4.69, 9.17) is 5.11 Å². The molecule has 0 atom stereocenters. The molecule has 0 aliphatic rings. The molecule has 0 aliphatic heterocycles. The summed E-state index contributed by atoms with van der Waals surface area (Å²) in [4.78, 5) is 10.8. The van der Waals surface area contributed by atoms with Crippen molar-refractivity contribution >= 4 is 11.8 Å². The third-order valence-electron chi connectivity index (χ3n) is 1.52. The molecule has 70 valence electrons. The number of rotatable bonds is 3. The van der Waals surface area contributed by atoms with Crippen LogP contribution in [-0.2, 0) is 0 Å². The zero-order valence-corrected chi connectivity index (χ0v) is 7.40. The largest absolute Gasteiger partial charge is 0.464 e. The highest BCUT2D eigenvalue weighted by Gasteiger charge is 2.11. The van der Waals surface area contributed by atoms with Crippen LogP contribution in [0.1, 0.15) is 6.92 Å². The second-order valence-electron chi connectivity index (χ2n) is 2.47. The number of nitrogens with zero attached hydrogens (tertiary/aromatic N) is 1. The molecule has 1 rings (SSSR count). The average molecular weight is 180 g/mol. The van der Waals surface area contributed by atoms with Crippen molar-refractivity contribution in [3.8, 4) is 0 Å². The number of hydrogen-bond acceptors (Lipinski definition) is 2. The van der Waals surface area contributed by atoms with E-state index < -0.39 is 6.09 Å². The molecule has 4 heteroatoms. The minimum atomic E-state index is -1.01. The molecular formula is C9H12N2O2. The van der Waals surface area contributed by atoms with Crippen LogP contribution < -0.4 is 10.4 Å². The number of nitrogens with one attached hydrogen (secondary N) is 1. The van der Waals surface area contributed by atoms with Gasteiger partial charge in [0.25, 0.3) is 0 Å². The van der Waals surface area contributed by atoms with Gasteiger partial charge in [0.15, 0.2) is 0 Å². The van der Waals surface area contributed by atoms with Gasteiger partial charge in [0.05, 0.1) is 5.69 Å². The number of benzene rings is 1. The zero-order valence-electron chi connectivity index (χ0n) is 7.40. The summed E-state index contributed by atoms with van der Waals surface area (Å²) in [5.41, 5.74) is 3.35. The SMILES string of the molecule is CCNN(C(=O)O)c1ccccc1. The Morgan fingerprint density at radius 1 is 1.46 bits per heavy atom. The molecule has 1 aromatic carbocycles. The lowest BCUT2D eigenvalue weighted by atomic mass is 10.3. The molecule has 0 saturated heterocycles. The lowest BCUT2D eigenvalue weighted by Gasteiger charge is -2.18. The van der Waals surface area contributed by atoms with Crippen LogP contribution >= 0.6 is 0 Å². The normalized spacial score (nSPS) is 9.62. The van der Waals surface area contributed by atoms with Gasteiger partial charge in [-0.25, -0.2) is 15.2 Å². The summed E-state index contributed by atoms with van der Waals surface area (Å²) in [6, 6.07) is 8.90. The Labute approximate surface area is 76.8 Å². The third-order valence-corrected chi connectivity index (χ3v) is 1.52. The number of anilines is 1. The van der Waals surface area contributed by atoms with Crippen LogP contribution in [0.3, 0.4) is 0 Å². The summed E-state index contributed by atoms with van der Waals surface area (Å²) in [5, 5.41) is 9.92. The molecule has 1 aromatic rings. The van der Waals surface area contributed by atoms with Gasteiger partial charge in [-0.05, 0) is 12.1 Å². The number of hydrazine groups is 1. The molecule has 13 heavy (non-hydrogen) atoms. The second kappa shape index (κ2) is 4.47. The monoisotopic (exact) mass is 180 g/mol. The van der Waals surface area contributed by atoms with Gasteiger partial charge < -0.3 is 5.11 Å². The fourth-order valence-corrected chi connectivity index (χ4v) is 1.00. The first-order valence-corrected chi connectivity index (χ1v) is 4.07. The molecule has 0 spiro atoms. The number of carboxylic acid groups (broad SMARTS) is 1. The fourth-order valence-electron chi connectivity index (χ4n) is 1.00. The van der Waals surface area contributed by atoms with E-state index >= 15 is 0 Å². The van der Waals surface area contributed by atoms with Gasteiger partial charge in [-0.15, -0.1) is 0 Å². The van der Waals surface area contributed by atoms with Crippen LogP contribution in [0.25, 0.3) is 0 Å². The molecule has 0 aliphatic carbocycles. The molecule has 0 unspecified atom stereocenters. The number of carbonyl (C=O) groups is 1. The van der Waals surface area contributed by atoms with Gasteiger partial charge in [0.2, 0.25) is 0 Å². The number of hydrogen-bond donors (Lipinski definition) is 2. The fraction of sp³-hybridized carbons (Fsp3) is 0.222. The average Bonchev–Trinajstić information content (AvgIpc) is 2.15. The van der Waals surface area contributed by atoms with Gasteiger partial charge in [-0.2, -0.15) is 0 Å². The minimum absolute atomic E-state index is 0.571. The van der Waals surface area contributed by atoms with Gasteiger partial charge in [-0.1, -0.05) is 25.1 Å². The van der Waals surface area contributed by atoms with Crippen LogP contribution in [0.15, 0.2) is 30.3 Å². The van der Waals surface area contributed by atoms with Crippen molar-refractivity contribution in [3.05, 3.63) is 30.3 Å². The van der Waals surface area contributed by atoms with Crippen LogP contribution in [-0.4, -0.2) is 17.7 Å². The van der Waals surface area contributed by atoms with Crippen molar-refractivity contribution < 1.29 is 9.90 Å². The first kappa shape index (κ1) is 9.54. The molecular weight excluding hydrogens is 168 g/mol. The highest BCUT2D eigenvalue weighted by molar-refractivity contribution is 5.84. The summed E-state index contributed by atoms with van der Waals surface area (Å²) >= 11 is 0. The maximum Gasteiger partial charge on any atom is 0.426 e. The van der Waals surface area contributed by atoms with Crippen molar-refractivity contribution in [2.75, 3.05) is 11.6 Å². The number of para-hydroxylation sites is 1. The van der Waals surface area contributed by atoms with Gasteiger partial charge in [-0.3, -0.25) is 0 Å². The third kappa shape index (κ3) is 2.45. The number of amides is 1. The maximum absolute atomic E-state index is 10.8. The van der Waals surface area contributed by atoms with Crippen molar-refractivity contribution in [3.63, 3.8) is 0 Å². The molecule has 0 fully saturated rings. The van der Waals surface area contributed by atoms with E-state index in [9.17, 15) is 4.79 Å². The van der Waals surface area contributed by atoms with E-state index in [0.29, 0.717) is 12.2 Å². The Kier molecular flexibility index (Phi) is 3.28. The van der Waals surface area contributed by atoms with E-state index in [1.54, 1.807) is 24.3 Å². The van der Waals surface area contributed by atoms with Crippen molar-refractivity contribution in [1.82, 2.24) is 5.43 Å². The summed E-state index contributed by atoms with van der Waals surface area (Å²) in [6.45, 7) is 2.42. The van der Waals surface area contributed by atoms with E-state index in [1.165, 1.54) is 0 Å². The Bertz CT molecular complexity index is 274. The Balaban J connectivity index is 2.82. The van der Waals surface area contributed by atoms with Gasteiger partial charge >= 0.3 is 6.09 Å². The maximum atomic E-state index is 10.8. The van der Waals surface area contributed by atoms with Crippen molar-refractivity contribution in [2.45, 2.75) is 6.92 Å². The van der Waals surface area contributed by atoms with E-state index in [-0.39, 0.29) is 0 Å². The summed E-state index contributed by atoms with van der Waals surface area (Å²) in [5.74, 6) is 0. The smallest absolute Gasteiger partial charge is 0.426 e. The van der Waals surface area contributed by atoms with E-state index in [1.807, 2.05) is 13.0 Å². The minimum Gasteiger partial charge on any atom is -0.464 e. The van der Waals surface area contributed by atoms with Gasteiger partial charge in [0.1, 0.15) is 0 Å². The van der Waals surface area contributed by atoms with Crippen LogP contribution in [0.2, 0.25) is 0 Å². The Morgan fingerprint density at radius 3 is 2.54 bits per heavy atom. The summed E-state index contributed by atoms with van der Waals surface area (Å²) in [6.07, 6.45) is -1.01. The van der Waals surface area contributed by atoms with E-state index in [0.717, 1.165) is 5.01 Å². The molecule has 0 aromatic heterocycles. The lowest BCUT2D eigenvalue weighted by molar-refractivity contribution is 0.198. The van der Waals surface area contributed by atoms with Crippen LogP contribution in [0.4, 0.5) is 10.5 Å². The predicted octanol–water partition coefficient (Wildman–Crippen LogP) is 1.70. The van der Waals surface area contributed by atoms with Crippen molar-refractivity contribution in [2.24, 2.45) is 0 Å². The highest BCUT2D eigenvalue weighted by atomic mass is 16.4. The second-order valence-corrected chi connectivity index (χ2v) is 2.47. The topological polar surface area (TPSA) is 52.6 Å². The molecule has 1 amide bonds. The van der Waals surface area contributed by atoms with E-state index in [2.05, 4.69) is 5.43 Å². The molecule has 4 nitrogen and oxygen atoms in total. The van der Waals surface area contributed by atoms with Gasteiger partial charge in [0, 0.05) is 6.54 Å². The lowest BCUT2D eigenvalue weighted by Crippen LogP contribution is -2.41. The Hall–Kier alpha value is -1.55. The predicted molar refractivity (Wildman–Crippen MR) is 50.6 cm³/mol. The molecule has 2 N–H and O–H groups in total. The Morgan fingerprint density at radius 2 is 2.08 bits per heavy atom. The summed E-state index contributed by atoms with van der Waals surface area (Å²) < 4.78 is 0. The zero-order chi connectivity index (χ0) is 9.68. The molecule has 0 bridgehead atoms. The molecule has 0 saturated carbocycles. The quantitative estimate of drug-likeness (QED) is 0.696. The molecule has 0 radical (unpaired) electrons. The first-order valence-electron chi connectivity index (χ1n) is 4.07.